The lowest BCUT2D eigenvalue weighted by Gasteiger charge is -2.15. The topological polar surface area (TPSA) is 90.8 Å². The van der Waals surface area contributed by atoms with Crippen molar-refractivity contribution in [1.29, 1.82) is 0 Å². The van der Waals surface area contributed by atoms with E-state index in [9.17, 15) is 26.3 Å². The molecule has 14 heteroatoms. The van der Waals surface area contributed by atoms with Crippen molar-refractivity contribution in [2.45, 2.75) is 26.0 Å². The second kappa shape index (κ2) is 10.3. The molecule has 0 aliphatic heterocycles. The molecule has 0 aliphatic rings. The fourth-order valence-electron chi connectivity index (χ4n) is 3.04. The first-order valence-electron chi connectivity index (χ1n) is 9.88. The number of aliphatic imine (C=N–C) groups is 1. The molecule has 0 amide bonds. The highest BCUT2D eigenvalue weighted by Crippen LogP contribution is 2.35. The van der Waals surface area contributed by atoms with Crippen LogP contribution in [-0.4, -0.2) is 48.4 Å². The van der Waals surface area contributed by atoms with Crippen LogP contribution in [0.5, 0.6) is 11.5 Å². The monoisotopic (exact) mass is 503 g/mol. The van der Waals surface area contributed by atoms with Gasteiger partial charge in [-0.1, -0.05) is 0 Å². The Kier molecular flexibility index (Phi) is 7.63. The van der Waals surface area contributed by atoms with Crippen LogP contribution in [0.2, 0.25) is 0 Å². The van der Waals surface area contributed by atoms with Gasteiger partial charge in [-0.3, -0.25) is 9.73 Å². The van der Waals surface area contributed by atoms with Gasteiger partial charge in [-0.2, -0.15) is 13.2 Å². The van der Waals surface area contributed by atoms with Gasteiger partial charge in [-0.05, 0) is 31.8 Å². The summed E-state index contributed by atoms with van der Waals surface area (Å²) in [7, 11) is 1.35. The number of nitrogens with one attached hydrogen (secondary N) is 1. The third-order valence-electron chi connectivity index (χ3n) is 4.47. The standard InChI is InChI=1S/C21H19F6N5O3/c1-11-30-15-9-16(33-3)17(34-4-5-35-21(25,26)27)8-14(15)19(31-11)29-10-13-6-12(28-2)7-18(32-13)20(22,23)24/h6-9H,2,4-5,10H2,1,3H3,(H,29,30,31). The summed E-state index contributed by atoms with van der Waals surface area (Å²) in [4.78, 5) is 15.7. The van der Waals surface area contributed by atoms with Gasteiger partial charge < -0.3 is 14.8 Å². The number of nitrogens with zero attached hydrogens (tertiary/aromatic N) is 4. The lowest BCUT2D eigenvalue weighted by atomic mass is 10.2. The third-order valence-corrected chi connectivity index (χ3v) is 4.47. The number of anilines is 1. The number of halogens is 6. The van der Waals surface area contributed by atoms with Crippen molar-refractivity contribution >= 4 is 29.1 Å². The number of hydrogen-bond acceptors (Lipinski definition) is 8. The molecule has 0 unspecified atom stereocenters. The highest BCUT2D eigenvalue weighted by atomic mass is 19.4. The predicted octanol–water partition coefficient (Wildman–Crippen LogP) is 5.22. The molecule has 188 valence electrons. The molecule has 0 spiro atoms. The Bertz CT molecular complexity index is 1220. The highest BCUT2D eigenvalue weighted by Gasteiger charge is 2.33. The van der Waals surface area contributed by atoms with Crippen LogP contribution in [-0.2, 0) is 17.5 Å². The van der Waals surface area contributed by atoms with Gasteiger partial charge in [-0.25, -0.2) is 15.0 Å². The zero-order chi connectivity index (χ0) is 25.8. The number of methoxy groups -OCH3 is 1. The fourth-order valence-corrected chi connectivity index (χ4v) is 3.04. The molecule has 0 aliphatic carbocycles. The highest BCUT2D eigenvalue weighted by molar-refractivity contribution is 5.91. The number of fused-ring (bicyclic) bond motifs is 1. The van der Waals surface area contributed by atoms with Crippen molar-refractivity contribution in [2.24, 2.45) is 4.99 Å². The zero-order valence-corrected chi connectivity index (χ0v) is 18.4. The summed E-state index contributed by atoms with van der Waals surface area (Å²) in [5.74, 6) is 0.880. The van der Waals surface area contributed by atoms with Crippen molar-refractivity contribution in [3.8, 4) is 11.5 Å². The van der Waals surface area contributed by atoms with E-state index in [0.29, 0.717) is 16.7 Å². The molecular formula is C21H19F6N5O3. The fraction of sp³-hybridized carbons (Fsp3) is 0.333. The number of aryl methyl sites for hydroxylation is 1. The minimum atomic E-state index is -4.79. The molecule has 2 aromatic heterocycles. The number of ether oxygens (including phenoxy) is 3. The van der Waals surface area contributed by atoms with E-state index in [1.54, 1.807) is 6.92 Å². The summed E-state index contributed by atoms with van der Waals surface area (Å²) < 4.78 is 90.3. The molecule has 0 saturated carbocycles. The number of benzene rings is 1. The summed E-state index contributed by atoms with van der Waals surface area (Å²) in [6, 6.07) is 5.06. The smallest absolute Gasteiger partial charge is 0.493 e. The van der Waals surface area contributed by atoms with Crippen molar-refractivity contribution in [3.63, 3.8) is 0 Å². The first-order valence-corrected chi connectivity index (χ1v) is 9.88. The summed E-state index contributed by atoms with van der Waals surface area (Å²) in [5, 5.41) is 3.30. The summed E-state index contributed by atoms with van der Waals surface area (Å²) in [6.45, 7) is 3.53. The molecule has 1 aromatic carbocycles. The SMILES string of the molecule is C=Nc1cc(CNc2nc(C)nc3cc(OC)c(OCCOC(F)(F)F)cc23)nc(C(F)(F)F)c1. The van der Waals surface area contributed by atoms with Crippen LogP contribution in [0.1, 0.15) is 17.2 Å². The molecule has 0 bridgehead atoms. The number of hydrogen-bond donors (Lipinski definition) is 1. The van der Waals surface area contributed by atoms with E-state index in [4.69, 9.17) is 9.47 Å². The summed E-state index contributed by atoms with van der Waals surface area (Å²) in [5.41, 5.74) is -0.694. The van der Waals surface area contributed by atoms with Gasteiger partial charge in [-0.15, -0.1) is 13.2 Å². The molecule has 35 heavy (non-hydrogen) atoms. The number of alkyl halides is 6. The Morgan fingerprint density at radius 3 is 2.34 bits per heavy atom. The number of pyridine rings is 1. The molecule has 8 nitrogen and oxygen atoms in total. The van der Waals surface area contributed by atoms with E-state index in [0.717, 1.165) is 6.07 Å². The van der Waals surface area contributed by atoms with Gasteiger partial charge >= 0.3 is 12.5 Å². The minimum absolute atomic E-state index is 0.00523. The molecule has 2 heterocycles. The van der Waals surface area contributed by atoms with Gasteiger partial charge in [0, 0.05) is 11.5 Å². The maximum absolute atomic E-state index is 13.2. The quantitative estimate of drug-likeness (QED) is 0.243. The largest absolute Gasteiger partial charge is 0.522 e. The van der Waals surface area contributed by atoms with Crippen molar-refractivity contribution in [2.75, 3.05) is 25.6 Å². The number of aromatic nitrogens is 3. The van der Waals surface area contributed by atoms with Gasteiger partial charge in [0.2, 0.25) is 0 Å². The third kappa shape index (κ3) is 6.91. The van der Waals surface area contributed by atoms with E-state index in [2.05, 4.69) is 36.7 Å². The zero-order valence-electron chi connectivity index (χ0n) is 18.4. The average molecular weight is 503 g/mol. The van der Waals surface area contributed by atoms with E-state index < -0.39 is 31.4 Å². The first-order chi connectivity index (χ1) is 16.4. The van der Waals surface area contributed by atoms with Crippen LogP contribution in [0.25, 0.3) is 10.9 Å². The first kappa shape index (κ1) is 25.9. The van der Waals surface area contributed by atoms with E-state index in [1.165, 1.54) is 25.3 Å². The molecule has 1 N–H and O–H groups in total. The Balaban J connectivity index is 1.90. The maximum Gasteiger partial charge on any atom is 0.522 e. The average Bonchev–Trinajstić information content (AvgIpc) is 2.78. The maximum atomic E-state index is 13.2. The van der Waals surface area contributed by atoms with E-state index >= 15 is 0 Å². The van der Waals surface area contributed by atoms with Crippen LogP contribution in [0.3, 0.4) is 0 Å². The van der Waals surface area contributed by atoms with Crippen molar-refractivity contribution in [3.05, 3.63) is 41.5 Å². The van der Waals surface area contributed by atoms with Crippen molar-refractivity contribution < 1.29 is 40.6 Å². The molecular weight excluding hydrogens is 484 g/mol. The minimum Gasteiger partial charge on any atom is -0.493 e. The Morgan fingerprint density at radius 2 is 1.71 bits per heavy atom. The lowest BCUT2D eigenvalue weighted by molar-refractivity contribution is -0.325. The molecule has 0 saturated heterocycles. The second-order valence-electron chi connectivity index (χ2n) is 6.99. The molecule has 3 aromatic rings. The van der Waals surface area contributed by atoms with Gasteiger partial charge in [0.25, 0.3) is 0 Å². The van der Waals surface area contributed by atoms with Crippen LogP contribution in [0.4, 0.5) is 37.8 Å². The Labute approximate surface area is 195 Å². The van der Waals surface area contributed by atoms with Crippen LogP contribution in [0, 0.1) is 6.92 Å². The van der Waals surface area contributed by atoms with Gasteiger partial charge in [0.05, 0.1) is 37.2 Å². The van der Waals surface area contributed by atoms with Crippen LogP contribution < -0.4 is 14.8 Å². The predicted molar refractivity (Wildman–Crippen MR) is 114 cm³/mol. The van der Waals surface area contributed by atoms with E-state index in [-0.39, 0.29) is 35.2 Å². The Hall–Kier alpha value is -3.68. The van der Waals surface area contributed by atoms with Gasteiger partial charge in [0.15, 0.2) is 11.5 Å². The number of rotatable bonds is 9. The Morgan fingerprint density at radius 1 is 0.971 bits per heavy atom. The normalized spacial score (nSPS) is 12.0. The molecule has 0 fully saturated rings. The second-order valence-corrected chi connectivity index (χ2v) is 6.99. The molecule has 0 radical (unpaired) electrons. The van der Waals surface area contributed by atoms with Gasteiger partial charge in [0.1, 0.15) is 23.9 Å². The molecule has 0 atom stereocenters. The van der Waals surface area contributed by atoms with E-state index in [1.807, 2.05) is 0 Å². The lowest BCUT2D eigenvalue weighted by Crippen LogP contribution is -2.18. The summed E-state index contributed by atoms with van der Waals surface area (Å²) >= 11 is 0. The van der Waals surface area contributed by atoms with Crippen molar-refractivity contribution in [1.82, 2.24) is 15.0 Å². The van der Waals surface area contributed by atoms with Crippen LogP contribution >= 0.6 is 0 Å². The molecule has 3 rings (SSSR count). The summed E-state index contributed by atoms with van der Waals surface area (Å²) in [6.07, 6.45) is -9.47. The van der Waals surface area contributed by atoms with Crippen LogP contribution in [0.15, 0.2) is 29.3 Å².